The zero-order valence-electron chi connectivity index (χ0n) is 16.0. The lowest BCUT2D eigenvalue weighted by Crippen LogP contribution is -2.05. The van der Waals surface area contributed by atoms with E-state index in [4.69, 9.17) is 4.74 Å². The third-order valence-electron chi connectivity index (χ3n) is 4.62. The Morgan fingerprint density at radius 2 is 2.03 bits per heavy atom. The van der Waals surface area contributed by atoms with E-state index in [1.54, 1.807) is 18.3 Å². The van der Waals surface area contributed by atoms with Crippen LogP contribution in [0.25, 0.3) is 10.2 Å². The van der Waals surface area contributed by atoms with Gasteiger partial charge in [0.1, 0.15) is 15.5 Å². The van der Waals surface area contributed by atoms with Crippen molar-refractivity contribution in [2.24, 2.45) is 0 Å². The first-order valence-electron chi connectivity index (χ1n) is 9.37. The fourth-order valence-corrected chi connectivity index (χ4v) is 4.20. The summed E-state index contributed by atoms with van der Waals surface area (Å²) in [6.45, 7) is 2.80. The Labute approximate surface area is 171 Å². The molecule has 0 atom stereocenters. The van der Waals surface area contributed by atoms with Gasteiger partial charge in [-0.3, -0.25) is 9.67 Å². The number of fused-ring (bicyclic) bond motifs is 1. The van der Waals surface area contributed by atoms with E-state index in [-0.39, 0.29) is 11.8 Å². The average Bonchev–Trinajstić information content (AvgIpc) is 3.29. The first-order chi connectivity index (χ1) is 14.1. The lowest BCUT2D eigenvalue weighted by Gasteiger charge is -2.04. The van der Waals surface area contributed by atoms with Crippen LogP contribution in [0.4, 0.5) is 4.39 Å². The first kappa shape index (κ1) is 19.3. The van der Waals surface area contributed by atoms with E-state index in [9.17, 15) is 9.18 Å². The number of hydrogen-bond acceptors (Lipinski definition) is 5. The molecule has 0 saturated carbocycles. The predicted octanol–water partition coefficient (Wildman–Crippen LogP) is 4.78. The third kappa shape index (κ3) is 4.51. The molecular weight excluding hydrogens is 389 g/mol. The highest BCUT2D eigenvalue weighted by Gasteiger charge is 2.17. The Morgan fingerprint density at radius 3 is 2.79 bits per heavy atom. The molecule has 7 heteroatoms. The van der Waals surface area contributed by atoms with Gasteiger partial charge in [0.05, 0.1) is 18.8 Å². The highest BCUT2D eigenvalue weighted by molar-refractivity contribution is 7.20. The summed E-state index contributed by atoms with van der Waals surface area (Å²) in [6, 6.07) is 12.1. The minimum atomic E-state index is -0.315. The highest BCUT2D eigenvalue weighted by atomic mass is 32.1. The molecule has 0 spiro atoms. The van der Waals surface area contributed by atoms with Crippen molar-refractivity contribution in [1.29, 1.82) is 0 Å². The molecule has 0 aliphatic heterocycles. The summed E-state index contributed by atoms with van der Waals surface area (Å²) in [5.41, 5.74) is 2.93. The molecule has 0 saturated heterocycles. The number of carbonyl (C=O) groups excluding carboxylic acids is 1. The number of carbonyl (C=O) groups is 1. The highest BCUT2D eigenvalue weighted by Crippen LogP contribution is 2.29. The van der Waals surface area contributed by atoms with Gasteiger partial charge in [0.15, 0.2) is 0 Å². The monoisotopic (exact) mass is 409 g/mol. The third-order valence-corrected chi connectivity index (χ3v) is 5.75. The number of rotatable bonds is 7. The van der Waals surface area contributed by atoms with Crippen molar-refractivity contribution in [3.63, 3.8) is 0 Å². The van der Waals surface area contributed by atoms with Crippen LogP contribution in [0.15, 0.2) is 54.9 Å². The van der Waals surface area contributed by atoms with Crippen LogP contribution in [0, 0.1) is 12.7 Å². The molecule has 0 fully saturated rings. The van der Waals surface area contributed by atoms with Crippen molar-refractivity contribution < 1.29 is 13.9 Å². The van der Waals surface area contributed by atoms with E-state index in [0.29, 0.717) is 18.0 Å². The van der Waals surface area contributed by atoms with Crippen LogP contribution in [-0.2, 0) is 17.7 Å². The van der Waals surface area contributed by atoms with Crippen molar-refractivity contribution in [3.8, 4) is 0 Å². The number of esters is 1. The van der Waals surface area contributed by atoms with E-state index in [0.717, 1.165) is 39.9 Å². The quantitative estimate of drug-likeness (QED) is 0.326. The van der Waals surface area contributed by atoms with Gasteiger partial charge in [0, 0.05) is 17.8 Å². The van der Waals surface area contributed by atoms with Crippen LogP contribution in [0.5, 0.6) is 0 Å². The maximum atomic E-state index is 13.1. The molecule has 0 amide bonds. The Kier molecular flexibility index (Phi) is 5.67. The second-order valence-electron chi connectivity index (χ2n) is 6.80. The number of aryl methyl sites for hydroxylation is 2. The lowest BCUT2D eigenvalue weighted by atomic mass is 10.2. The molecule has 0 bridgehead atoms. The summed E-state index contributed by atoms with van der Waals surface area (Å²) in [7, 11) is 0. The summed E-state index contributed by atoms with van der Waals surface area (Å²) in [5.74, 6) is -0.578. The van der Waals surface area contributed by atoms with Crippen LogP contribution in [0.3, 0.4) is 0 Å². The summed E-state index contributed by atoms with van der Waals surface area (Å²) in [5, 5.41) is 5.50. The number of pyridine rings is 1. The molecule has 0 aliphatic carbocycles. The Bertz CT molecular complexity index is 1120. The molecule has 3 aromatic heterocycles. The number of benzene rings is 1. The summed E-state index contributed by atoms with van der Waals surface area (Å²) in [6.07, 6.45) is 5.13. The van der Waals surface area contributed by atoms with Crippen molar-refractivity contribution >= 4 is 27.5 Å². The molecule has 148 valence electrons. The number of thiophene rings is 1. The number of nitrogens with zero attached hydrogens (tertiary/aromatic N) is 3. The Hall–Kier alpha value is -3.06. The summed E-state index contributed by atoms with van der Waals surface area (Å²) >= 11 is 1.37. The predicted molar refractivity (Wildman–Crippen MR) is 111 cm³/mol. The van der Waals surface area contributed by atoms with E-state index in [1.807, 2.05) is 36.0 Å². The van der Waals surface area contributed by atoms with Gasteiger partial charge in [-0.2, -0.15) is 5.10 Å². The molecule has 4 rings (SSSR count). The van der Waals surface area contributed by atoms with Gasteiger partial charge < -0.3 is 4.74 Å². The molecule has 0 radical (unpaired) electrons. The van der Waals surface area contributed by atoms with Crippen LogP contribution >= 0.6 is 11.3 Å². The van der Waals surface area contributed by atoms with Gasteiger partial charge in [-0.15, -0.1) is 11.3 Å². The maximum Gasteiger partial charge on any atom is 0.348 e. The average molecular weight is 409 g/mol. The molecule has 0 aliphatic rings. The first-order valence-corrected chi connectivity index (χ1v) is 10.2. The number of ether oxygens (including phenoxy) is 1. The molecule has 3 heterocycles. The van der Waals surface area contributed by atoms with Crippen molar-refractivity contribution in [2.45, 2.75) is 26.3 Å². The van der Waals surface area contributed by atoms with Crippen LogP contribution in [0.2, 0.25) is 0 Å². The minimum absolute atomic E-state index is 0.264. The Morgan fingerprint density at radius 1 is 1.21 bits per heavy atom. The topological polar surface area (TPSA) is 57.0 Å². The van der Waals surface area contributed by atoms with Crippen LogP contribution < -0.4 is 0 Å². The van der Waals surface area contributed by atoms with Crippen LogP contribution in [0.1, 0.15) is 32.9 Å². The molecule has 5 nitrogen and oxygen atoms in total. The summed E-state index contributed by atoms with van der Waals surface area (Å²) in [4.78, 5) is 18.0. The van der Waals surface area contributed by atoms with Crippen molar-refractivity contribution in [1.82, 2.24) is 14.8 Å². The molecular formula is C22H20FN3O2S. The fraction of sp³-hybridized carbons (Fsp3) is 0.227. The fourth-order valence-electron chi connectivity index (χ4n) is 3.14. The normalized spacial score (nSPS) is 11.1. The molecule has 29 heavy (non-hydrogen) atoms. The van der Waals surface area contributed by atoms with E-state index < -0.39 is 0 Å². The number of hydrogen-bond donors (Lipinski definition) is 0. The van der Waals surface area contributed by atoms with Gasteiger partial charge in [0.2, 0.25) is 0 Å². The molecule has 4 aromatic rings. The smallest absolute Gasteiger partial charge is 0.348 e. The zero-order valence-corrected chi connectivity index (χ0v) is 16.8. The standard InChI is InChI=1S/C22H20FN3O2S/c1-15-19-12-20(22(27)28-11-3-5-16-4-2-10-24-13-16)29-21(19)26(25-15)14-17-6-8-18(23)9-7-17/h2,4,6-10,12-13H,3,5,11,14H2,1H3. The Balaban J connectivity index is 1.41. The van der Waals surface area contributed by atoms with Gasteiger partial charge in [-0.05, 0) is 55.2 Å². The minimum Gasteiger partial charge on any atom is -0.461 e. The van der Waals surface area contributed by atoms with E-state index in [2.05, 4.69) is 10.1 Å². The van der Waals surface area contributed by atoms with E-state index >= 15 is 0 Å². The van der Waals surface area contributed by atoms with Gasteiger partial charge in [0.25, 0.3) is 0 Å². The largest absolute Gasteiger partial charge is 0.461 e. The van der Waals surface area contributed by atoms with Crippen LogP contribution in [-0.4, -0.2) is 27.3 Å². The van der Waals surface area contributed by atoms with E-state index in [1.165, 1.54) is 23.5 Å². The van der Waals surface area contributed by atoms with Gasteiger partial charge in [-0.25, -0.2) is 9.18 Å². The van der Waals surface area contributed by atoms with Gasteiger partial charge in [-0.1, -0.05) is 18.2 Å². The SMILES string of the molecule is Cc1nn(Cc2ccc(F)cc2)c2sc(C(=O)OCCCc3cccnc3)cc12. The summed E-state index contributed by atoms with van der Waals surface area (Å²) < 4.78 is 20.4. The zero-order chi connectivity index (χ0) is 20.2. The van der Waals surface area contributed by atoms with Gasteiger partial charge >= 0.3 is 5.97 Å². The maximum absolute atomic E-state index is 13.1. The number of aromatic nitrogens is 3. The molecule has 1 aromatic carbocycles. The number of halogens is 1. The second-order valence-corrected chi connectivity index (χ2v) is 7.83. The molecule has 0 N–H and O–H groups in total. The second kappa shape index (κ2) is 8.53. The molecule has 0 unspecified atom stereocenters. The van der Waals surface area contributed by atoms with Crippen molar-refractivity contribution in [2.75, 3.05) is 6.61 Å². The lowest BCUT2D eigenvalue weighted by molar-refractivity contribution is 0.0506. The van der Waals surface area contributed by atoms with Crippen molar-refractivity contribution in [3.05, 3.63) is 82.4 Å².